The van der Waals surface area contributed by atoms with Crippen molar-refractivity contribution in [1.29, 1.82) is 0 Å². The summed E-state index contributed by atoms with van der Waals surface area (Å²) in [5.41, 5.74) is 2.98. The van der Waals surface area contributed by atoms with Gasteiger partial charge in [0.1, 0.15) is 0 Å². The molecule has 3 rings (SSSR count). The first-order valence-electron chi connectivity index (χ1n) is 10.6. The van der Waals surface area contributed by atoms with Crippen LogP contribution in [0.5, 0.6) is 11.5 Å². The van der Waals surface area contributed by atoms with E-state index in [1.165, 1.54) is 7.11 Å². The number of methoxy groups -OCH3 is 1. The molecule has 34 heavy (non-hydrogen) atoms. The quantitative estimate of drug-likeness (QED) is 0.444. The van der Waals surface area contributed by atoms with Gasteiger partial charge in [-0.3, -0.25) is 4.79 Å². The highest BCUT2D eigenvalue weighted by Gasteiger charge is 2.34. The molecule has 1 atom stereocenters. The van der Waals surface area contributed by atoms with Crippen LogP contribution in [-0.2, 0) is 14.3 Å². The highest BCUT2D eigenvalue weighted by molar-refractivity contribution is 9.10. The normalized spacial score (nSPS) is 15.2. The number of ether oxygens (including phenoxy) is 3. The van der Waals surface area contributed by atoms with Gasteiger partial charge in [-0.1, -0.05) is 33.6 Å². The Labute approximate surface area is 206 Å². The number of carbonyl (C=O) groups excluding carboxylic acids is 3. The molecular weight excluding hydrogens is 506 g/mol. The van der Waals surface area contributed by atoms with E-state index in [0.29, 0.717) is 32.9 Å². The summed E-state index contributed by atoms with van der Waals surface area (Å²) in [7, 11) is 1.46. The summed E-state index contributed by atoms with van der Waals surface area (Å²) in [5, 5.41) is 8.11. The van der Waals surface area contributed by atoms with Gasteiger partial charge in [-0.15, -0.1) is 0 Å². The maximum atomic E-state index is 12.6. The Morgan fingerprint density at radius 2 is 1.82 bits per heavy atom. The van der Waals surface area contributed by atoms with Gasteiger partial charge < -0.3 is 30.2 Å². The van der Waals surface area contributed by atoms with Crippen molar-refractivity contribution in [2.75, 3.05) is 25.6 Å². The van der Waals surface area contributed by atoms with Crippen molar-refractivity contribution in [2.24, 2.45) is 0 Å². The lowest BCUT2D eigenvalue weighted by molar-refractivity contribution is -0.139. The lowest BCUT2D eigenvalue weighted by atomic mass is 9.95. The van der Waals surface area contributed by atoms with E-state index in [9.17, 15) is 14.4 Å². The third-order valence-corrected chi connectivity index (χ3v) is 5.74. The second kappa shape index (κ2) is 11.1. The lowest BCUT2D eigenvalue weighted by Crippen LogP contribution is -2.45. The highest BCUT2D eigenvalue weighted by atomic mass is 79.9. The van der Waals surface area contributed by atoms with Crippen molar-refractivity contribution in [3.63, 3.8) is 0 Å². The number of esters is 1. The molecule has 1 heterocycles. The number of aryl methyl sites for hydroxylation is 1. The number of anilines is 1. The molecular formula is C24H26BrN3O6. The summed E-state index contributed by atoms with van der Waals surface area (Å²) in [5.74, 6) is -0.234. The second-order valence-electron chi connectivity index (χ2n) is 7.52. The first-order chi connectivity index (χ1) is 16.2. The maximum Gasteiger partial charge on any atom is 0.338 e. The van der Waals surface area contributed by atoms with E-state index >= 15 is 0 Å². The van der Waals surface area contributed by atoms with E-state index < -0.39 is 18.0 Å². The fourth-order valence-corrected chi connectivity index (χ4v) is 3.98. The van der Waals surface area contributed by atoms with E-state index in [0.717, 1.165) is 5.56 Å². The maximum absolute atomic E-state index is 12.6. The van der Waals surface area contributed by atoms with Crippen molar-refractivity contribution < 1.29 is 28.6 Å². The Hall–Kier alpha value is -3.53. The van der Waals surface area contributed by atoms with Crippen LogP contribution in [-0.4, -0.2) is 38.2 Å². The first-order valence-corrected chi connectivity index (χ1v) is 11.3. The SMILES string of the molecule is CCOC(=O)C1=C(C)NC(=O)NC1c1cc(OC)c(OCC(=O)Nc2ccc(C)cc2)cc1Br. The number of benzene rings is 2. The molecule has 0 saturated carbocycles. The van der Waals surface area contributed by atoms with Crippen LogP contribution in [0.2, 0.25) is 0 Å². The summed E-state index contributed by atoms with van der Waals surface area (Å²) in [6.45, 7) is 5.25. The minimum absolute atomic E-state index is 0.193. The largest absolute Gasteiger partial charge is 0.493 e. The molecule has 0 radical (unpaired) electrons. The summed E-state index contributed by atoms with van der Waals surface area (Å²) in [4.78, 5) is 37.0. The zero-order chi connectivity index (χ0) is 24.8. The van der Waals surface area contributed by atoms with E-state index in [4.69, 9.17) is 14.2 Å². The number of urea groups is 1. The second-order valence-corrected chi connectivity index (χ2v) is 8.37. The van der Waals surface area contributed by atoms with Crippen LogP contribution in [0.25, 0.3) is 0 Å². The van der Waals surface area contributed by atoms with Crippen molar-refractivity contribution in [3.8, 4) is 11.5 Å². The van der Waals surface area contributed by atoms with Gasteiger partial charge >= 0.3 is 12.0 Å². The van der Waals surface area contributed by atoms with Gasteiger partial charge in [0, 0.05) is 15.9 Å². The van der Waals surface area contributed by atoms with Crippen LogP contribution < -0.4 is 25.4 Å². The molecule has 0 bridgehead atoms. The molecule has 3 N–H and O–H groups in total. The number of carbonyl (C=O) groups is 3. The predicted octanol–water partition coefficient (Wildman–Crippen LogP) is 3.97. The number of halogens is 1. The number of allylic oxidation sites excluding steroid dienone is 1. The number of amides is 3. The summed E-state index contributed by atoms with van der Waals surface area (Å²) in [6, 6.07) is 9.45. The number of rotatable bonds is 8. The summed E-state index contributed by atoms with van der Waals surface area (Å²) < 4.78 is 16.9. The van der Waals surface area contributed by atoms with Gasteiger partial charge in [0.15, 0.2) is 18.1 Å². The summed E-state index contributed by atoms with van der Waals surface area (Å²) in [6.07, 6.45) is 0. The predicted molar refractivity (Wildman–Crippen MR) is 130 cm³/mol. The Morgan fingerprint density at radius 1 is 1.12 bits per heavy atom. The third kappa shape index (κ3) is 5.88. The molecule has 0 fully saturated rings. The van der Waals surface area contributed by atoms with Crippen LogP contribution in [0, 0.1) is 6.92 Å². The van der Waals surface area contributed by atoms with Gasteiger partial charge in [0.25, 0.3) is 5.91 Å². The zero-order valence-corrected chi connectivity index (χ0v) is 20.9. The van der Waals surface area contributed by atoms with Crippen molar-refractivity contribution in [2.45, 2.75) is 26.8 Å². The zero-order valence-electron chi connectivity index (χ0n) is 19.3. The topological polar surface area (TPSA) is 115 Å². The lowest BCUT2D eigenvalue weighted by Gasteiger charge is -2.29. The molecule has 1 unspecified atom stereocenters. The van der Waals surface area contributed by atoms with Crippen molar-refractivity contribution >= 4 is 39.5 Å². The smallest absolute Gasteiger partial charge is 0.338 e. The van der Waals surface area contributed by atoms with E-state index in [2.05, 4.69) is 31.9 Å². The Balaban J connectivity index is 1.82. The molecule has 0 aromatic heterocycles. The monoisotopic (exact) mass is 531 g/mol. The van der Waals surface area contributed by atoms with Crippen molar-refractivity contribution in [1.82, 2.24) is 10.6 Å². The van der Waals surface area contributed by atoms with Gasteiger partial charge in [0.2, 0.25) is 0 Å². The minimum atomic E-state index is -0.782. The van der Waals surface area contributed by atoms with Gasteiger partial charge in [-0.25, -0.2) is 9.59 Å². The van der Waals surface area contributed by atoms with Crippen LogP contribution in [0.15, 0.2) is 52.1 Å². The highest BCUT2D eigenvalue weighted by Crippen LogP contribution is 2.39. The van der Waals surface area contributed by atoms with E-state index in [1.54, 1.807) is 26.0 Å². The van der Waals surface area contributed by atoms with Crippen LogP contribution in [0.1, 0.15) is 31.0 Å². The van der Waals surface area contributed by atoms with Gasteiger partial charge in [-0.2, -0.15) is 0 Å². The summed E-state index contributed by atoms with van der Waals surface area (Å²) >= 11 is 3.49. The average Bonchev–Trinajstić information content (AvgIpc) is 2.78. The Morgan fingerprint density at radius 3 is 2.47 bits per heavy atom. The fourth-order valence-electron chi connectivity index (χ4n) is 3.43. The first kappa shape index (κ1) is 25.1. The van der Waals surface area contributed by atoms with Crippen molar-refractivity contribution in [3.05, 3.63) is 63.3 Å². The molecule has 9 nitrogen and oxygen atoms in total. The molecule has 1 aliphatic rings. The molecule has 0 aliphatic carbocycles. The standard InChI is InChI=1S/C24H26BrN3O6/c1-5-33-23(30)21-14(3)26-24(31)28-22(21)16-10-18(32-4)19(11-17(16)25)34-12-20(29)27-15-8-6-13(2)7-9-15/h6-11,22H,5,12H2,1-4H3,(H,27,29)(H2,26,28,31). The van der Waals surface area contributed by atoms with Gasteiger partial charge in [0.05, 0.1) is 25.3 Å². The van der Waals surface area contributed by atoms with Crippen LogP contribution >= 0.6 is 15.9 Å². The molecule has 1 aliphatic heterocycles. The van der Waals surface area contributed by atoms with E-state index in [-0.39, 0.29) is 24.7 Å². The molecule has 180 valence electrons. The number of nitrogens with one attached hydrogen (secondary N) is 3. The van der Waals surface area contributed by atoms with Crippen LogP contribution in [0.4, 0.5) is 10.5 Å². The number of hydrogen-bond acceptors (Lipinski definition) is 6. The van der Waals surface area contributed by atoms with Crippen LogP contribution in [0.3, 0.4) is 0 Å². The van der Waals surface area contributed by atoms with Gasteiger partial charge in [-0.05, 0) is 50.6 Å². The Bertz CT molecular complexity index is 1130. The Kier molecular flexibility index (Phi) is 8.17. The fraction of sp³-hybridized carbons (Fsp3) is 0.292. The molecule has 3 amide bonds. The molecule has 0 spiro atoms. The third-order valence-electron chi connectivity index (χ3n) is 5.05. The molecule has 2 aromatic carbocycles. The number of hydrogen-bond donors (Lipinski definition) is 3. The minimum Gasteiger partial charge on any atom is -0.493 e. The average molecular weight is 532 g/mol. The van der Waals surface area contributed by atoms with E-state index in [1.807, 2.05) is 31.2 Å². The molecule has 2 aromatic rings. The molecule has 10 heteroatoms. The molecule has 0 saturated heterocycles.